The molecule has 31 heavy (non-hydrogen) atoms. The Kier molecular flexibility index (Phi) is 7.27. The fraction of sp³-hybridized carbons (Fsp3) is 0.200. The third kappa shape index (κ3) is 6.09. The van der Waals surface area contributed by atoms with Crippen LogP contribution in [-0.2, 0) is 11.2 Å². The maximum atomic E-state index is 12.5. The minimum absolute atomic E-state index is 0.123. The Bertz CT molecular complexity index is 1040. The second kappa shape index (κ2) is 10.3. The molecule has 0 radical (unpaired) electrons. The van der Waals surface area contributed by atoms with Crippen LogP contribution in [0.5, 0.6) is 11.5 Å². The summed E-state index contributed by atoms with van der Waals surface area (Å²) in [5, 5.41) is 5.65. The Morgan fingerprint density at radius 2 is 1.61 bits per heavy atom. The van der Waals surface area contributed by atoms with E-state index in [1.807, 2.05) is 49.4 Å². The molecule has 0 saturated carbocycles. The fourth-order valence-corrected chi connectivity index (χ4v) is 2.99. The average Bonchev–Trinajstić information content (AvgIpc) is 2.78. The smallest absolute Gasteiger partial charge is 0.262 e. The van der Waals surface area contributed by atoms with Gasteiger partial charge in [0.1, 0.15) is 11.5 Å². The molecule has 0 saturated heterocycles. The van der Waals surface area contributed by atoms with Crippen molar-refractivity contribution >= 4 is 23.2 Å². The van der Waals surface area contributed by atoms with Gasteiger partial charge < -0.3 is 20.1 Å². The molecule has 3 aromatic carbocycles. The lowest BCUT2D eigenvalue weighted by molar-refractivity contribution is -0.118. The summed E-state index contributed by atoms with van der Waals surface area (Å²) < 4.78 is 10.8. The molecule has 0 aliphatic rings. The second-order valence-corrected chi connectivity index (χ2v) is 7.07. The lowest BCUT2D eigenvalue weighted by Gasteiger charge is -2.11. The van der Waals surface area contributed by atoms with Crippen LogP contribution in [-0.4, -0.2) is 25.5 Å². The summed E-state index contributed by atoms with van der Waals surface area (Å²) in [6, 6.07) is 19.9. The van der Waals surface area contributed by atoms with Crippen molar-refractivity contribution in [1.29, 1.82) is 0 Å². The maximum absolute atomic E-state index is 12.5. The van der Waals surface area contributed by atoms with E-state index in [4.69, 9.17) is 9.47 Å². The van der Waals surface area contributed by atoms with E-state index in [0.717, 1.165) is 17.7 Å². The Morgan fingerprint density at radius 3 is 2.26 bits per heavy atom. The molecule has 3 aromatic rings. The van der Waals surface area contributed by atoms with Gasteiger partial charge in [0.25, 0.3) is 11.8 Å². The number of hydrogen-bond acceptors (Lipinski definition) is 4. The summed E-state index contributed by atoms with van der Waals surface area (Å²) in [7, 11) is 1.56. The first-order valence-corrected chi connectivity index (χ1v) is 10.1. The zero-order chi connectivity index (χ0) is 22.2. The van der Waals surface area contributed by atoms with Gasteiger partial charge in [-0.15, -0.1) is 0 Å². The van der Waals surface area contributed by atoms with Crippen molar-refractivity contribution < 1.29 is 19.1 Å². The first-order valence-electron chi connectivity index (χ1n) is 10.1. The summed E-state index contributed by atoms with van der Waals surface area (Å²) in [6.07, 6.45) is 0.948. The van der Waals surface area contributed by atoms with Gasteiger partial charge in [-0.05, 0) is 73.0 Å². The van der Waals surface area contributed by atoms with Crippen molar-refractivity contribution in [3.63, 3.8) is 0 Å². The highest BCUT2D eigenvalue weighted by atomic mass is 16.5. The van der Waals surface area contributed by atoms with E-state index in [2.05, 4.69) is 17.6 Å². The molecule has 0 unspecified atom stereocenters. The van der Waals surface area contributed by atoms with Gasteiger partial charge in [0.05, 0.1) is 12.8 Å². The number of rotatable bonds is 8. The van der Waals surface area contributed by atoms with Crippen LogP contribution in [0.3, 0.4) is 0 Å². The molecule has 0 spiro atoms. The van der Waals surface area contributed by atoms with E-state index in [9.17, 15) is 9.59 Å². The molecule has 6 heteroatoms. The van der Waals surface area contributed by atoms with Gasteiger partial charge in [0.2, 0.25) is 0 Å². The molecule has 0 aromatic heterocycles. The minimum atomic E-state index is -0.260. The van der Waals surface area contributed by atoms with Crippen molar-refractivity contribution in [3.05, 3.63) is 83.4 Å². The predicted molar refractivity (Wildman–Crippen MR) is 122 cm³/mol. The lowest BCUT2D eigenvalue weighted by Crippen LogP contribution is -2.20. The van der Waals surface area contributed by atoms with Crippen LogP contribution in [0.15, 0.2) is 66.7 Å². The van der Waals surface area contributed by atoms with E-state index in [0.29, 0.717) is 22.7 Å². The molecular weight excluding hydrogens is 392 g/mol. The van der Waals surface area contributed by atoms with E-state index in [-0.39, 0.29) is 18.4 Å². The highest BCUT2D eigenvalue weighted by molar-refractivity contribution is 6.05. The highest BCUT2D eigenvalue weighted by Crippen LogP contribution is 2.26. The molecule has 3 rings (SSSR count). The SMILES string of the molecule is CCc1ccc(NC(=O)COc2ccc(C(=O)Nc3cc(C)ccc3OC)cc2)cc1. The molecular formula is C25H26N2O4. The van der Waals surface area contributed by atoms with Crippen LogP contribution >= 0.6 is 0 Å². The molecule has 0 aliphatic heterocycles. The molecule has 0 bridgehead atoms. The summed E-state index contributed by atoms with van der Waals surface area (Å²) in [4.78, 5) is 24.6. The Hall–Kier alpha value is -3.80. The number of methoxy groups -OCH3 is 1. The summed E-state index contributed by atoms with van der Waals surface area (Å²) >= 11 is 0. The number of nitrogens with one attached hydrogen (secondary N) is 2. The minimum Gasteiger partial charge on any atom is -0.495 e. The molecule has 2 amide bonds. The van der Waals surface area contributed by atoms with Crippen LogP contribution in [0.4, 0.5) is 11.4 Å². The quantitative estimate of drug-likeness (QED) is 0.549. The fourth-order valence-electron chi connectivity index (χ4n) is 2.99. The third-order valence-electron chi connectivity index (χ3n) is 4.74. The summed E-state index contributed by atoms with van der Waals surface area (Å²) in [5.74, 6) is 0.580. The average molecular weight is 418 g/mol. The summed E-state index contributed by atoms with van der Waals surface area (Å²) in [6.45, 7) is 3.90. The second-order valence-electron chi connectivity index (χ2n) is 7.07. The first kappa shape index (κ1) is 21.9. The number of carbonyl (C=O) groups is 2. The van der Waals surface area contributed by atoms with E-state index < -0.39 is 0 Å². The number of benzene rings is 3. The maximum Gasteiger partial charge on any atom is 0.262 e. The van der Waals surface area contributed by atoms with E-state index in [1.54, 1.807) is 31.4 Å². The summed E-state index contributed by atoms with van der Waals surface area (Å²) in [5.41, 5.74) is 4.02. The normalized spacial score (nSPS) is 10.3. The Labute approximate surface area is 182 Å². The van der Waals surface area contributed by atoms with Crippen molar-refractivity contribution in [2.45, 2.75) is 20.3 Å². The monoisotopic (exact) mass is 418 g/mol. The van der Waals surface area contributed by atoms with Gasteiger partial charge in [-0.2, -0.15) is 0 Å². The lowest BCUT2D eigenvalue weighted by atomic mass is 10.1. The van der Waals surface area contributed by atoms with Crippen molar-refractivity contribution in [2.75, 3.05) is 24.4 Å². The zero-order valence-corrected chi connectivity index (χ0v) is 17.9. The molecule has 160 valence electrons. The van der Waals surface area contributed by atoms with Gasteiger partial charge in [-0.1, -0.05) is 25.1 Å². The molecule has 0 aliphatic carbocycles. The van der Waals surface area contributed by atoms with Crippen LogP contribution in [0.25, 0.3) is 0 Å². The van der Waals surface area contributed by atoms with E-state index >= 15 is 0 Å². The van der Waals surface area contributed by atoms with E-state index in [1.165, 1.54) is 5.56 Å². The van der Waals surface area contributed by atoms with Crippen LogP contribution in [0.1, 0.15) is 28.4 Å². The number of anilines is 2. The topological polar surface area (TPSA) is 76.7 Å². The van der Waals surface area contributed by atoms with Crippen molar-refractivity contribution in [2.24, 2.45) is 0 Å². The number of carbonyl (C=O) groups excluding carboxylic acids is 2. The first-order chi connectivity index (χ1) is 15.0. The number of ether oxygens (including phenoxy) is 2. The number of amides is 2. The zero-order valence-electron chi connectivity index (χ0n) is 17.9. The molecule has 0 heterocycles. The predicted octanol–water partition coefficient (Wildman–Crippen LogP) is 4.84. The largest absolute Gasteiger partial charge is 0.495 e. The third-order valence-corrected chi connectivity index (χ3v) is 4.74. The number of aryl methyl sites for hydroxylation is 2. The molecule has 6 nitrogen and oxygen atoms in total. The van der Waals surface area contributed by atoms with Crippen LogP contribution < -0.4 is 20.1 Å². The van der Waals surface area contributed by atoms with Gasteiger partial charge in [-0.25, -0.2) is 0 Å². The van der Waals surface area contributed by atoms with Gasteiger partial charge in [-0.3, -0.25) is 9.59 Å². The van der Waals surface area contributed by atoms with Crippen molar-refractivity contribution in [1.82, 2.24) is 0 Å². The number of hydrogen-bond donors (Lipinski definition) is 2. The standard InChI is InChI=1S/C25H26N2O4/c1-4-18-6-10-20(11-7-18)26-24(28)16-31-21-12-8-19(9-13-21)25(29)27-22-15-17(2)5-14-23(22)30-3/h5-15H,4,16H2,1-3H3,(H,26,28)(H,27,29). The molecule has 0 fully saturated rings. The van der Waals surface area contributed by atoms with Crippen LogP contribution in [0.2, 0.25) is 0 Å². The molecule has 2 N–H and O–H groups in total. The molecule has 0 atom stereocenters. The van der Waals surface area contributed by atoms with Gasteiger partial charge in [0.15, 0.2) is 6.61 Å². The Morgan fingerprint density at radius 1 is 0.903 bits per heavy atom. The van der Waals surface area contributed by atoms with Crippen LogP contribution in [0, 0.1) is 6.92 Å². The van der Waals surface area contributed by atoms with Gasteiger partial charge in [0, 0.05) is 11.3 Å². The Balaban J connectivity index is 1.54. The van der Waals surface area contributed by atoms with Crippen molar-refractivity contribution in [3.8, 4) is 11.5 Å². The van der Waals surface area contributed by atoms with Gasteiger partial charge >= 0.3 is 0 Å². The highest BCUT2D eigenvalue weighted by Gasteiger charge is 2.11.